The molecule has 0 spiro atoms. The van der Waals surface area contributed by atoms with Crippen molar-refractivity contribution in [2.45, 2.75) is 20.4 Å². The van der Waals surface area contributed by atoms with E-state index < -0.39 is 0 Å². The lowest BCUT2D eigenvalue weighted by Crippen LogP contribution is -2.41. The van der Waals surface area contributed by atoms with Gasteiger partial charge in [0.2, 0.25) is 5.69 Å². The van der Waals surface area contributed by atoms with Gasteiger partial charge in [0.15, 0.2) is 0 Å². The number of nitrogens with zero attached hydrogens (tertiary/aromatic N) is 2. The number of aryl methyl sites for hydroxylation is 1. The molecule has 0 bridgehead atoms. The molecule has 0 aliphatic carbocycles. The molecule has 1 aliphatic rings. The highest BCUT2D eigenvalue weighted by Crippen LogP contribution is 2.18. The van der Waals surface area contributed by atoms with Gasteiger partial charge in [0.25, 0.3) is 5.01 Å². The molecule has 0 radical (unpaired) electrons. The van der Waals surface area contributed by atoms with E-state index in [1.165, 1.54) is 15.6 Å². The minimum absolute atomic E-state index is 0.871. The topological polar surface area (TPSA) is 16.4 Å². The van der Waals surface area contributed by atoms with E-state index in [4.69, 9.17) is 4.74 Å². The average Bonchev–Trinajstić information content (AvgIpc) is 2.59. The van der Waals surface area contributed by atoms with Crippen LogP contribution in [0.1, 0.15) is 22.5 Å². The molecule has 1 aliphatic heterocycles. The van der Waals surface area contributed by atoms with E-state index in [9.17, 15) is 0 Å². The second-order valence-electron chi connectivity index (χ2n) is 4.38. The molecule has 0 saturated carbocycles. The van der Waals surface area contributed by atoms with Crippen LogP contribution in [0, 0.1) is 6.92 Å². The van der Waals surface area contributed by atoms with Crippen LogP contribution < -0.4 is 4.57 Å². The van der Waals surface area contributed by atoms with Crippen LogP contribution in [-0.2, 0) is 18.3 Å². The summed E-state index contributed by atoms with van der Waals surface area (Å²) in [5.74, 6) is 0. The maximum Gasteiger partial charge on any atom is 0.252 e. The van der Waals surface area contributed by atoms with Crippen LogP contribution in [0.3, 0.4) is 0 Å². The highest BCUT2D eigenvalue weighted by molar-refractivity contribution is 7.11. The van der Waals surface area contributed by atoms with Crippen LogP contribution in [-0.4, -0.2) is 31.2 Å². The maximum absolute atomic E-state index is 5.38. The molecule has 1 saturated heterocycles. The lowest BCUT2D eigenvalue weighted by Gasteiger charge is -2.24. The van der Waals surface area contributed by atoms with Gasteiger partial charge >= 0.3 is 0 Å². The van der Waals surface area contributed by atoms with Gasteiger partial charge in [0.05, 0.1) is 24.6 Å². The molecule has 94 valence electrons. The van der Waals surface area contributed by atoms with Crippen molar-refractivity contribution >= 4 is 17.4 Å². The molecule has 1 fully saturated rings. The molecule has 0 amide bonds. The molecular formula is C13H21N2OS+. The Morgan fingerprint density at radius 3 is 2.76 bits per heavy atom. The lowest BCUT2D eigenvalue weighted by molar-refractivity contribution is -0.676. The molecule has 1 aromatic rings. The van der Waals surface area contributed by atoms with E-state index in [0.29, 0.717) is 0 Å². The van der Waals surface area contributed by atoms with Gasteiger partial charge in [-0.1, -0.05) is 17.4 Å². The number of rotatable bonds is 3. The second-order valence-corrected chi connectivity index (χ2v) is 5.67. The number of thiazole rings is 1. The number of aromatic nitrogens is 1. The molecular weight excluding hydrogens is 232 g/mol. The highest BCUT2D eigenvalue weighted by Gasteiger charge is 2.22. The van der Waals surface area contributed by atoms with Crippen LogP contribution in [0.5, 0.6) is 0 Å². The summed E-state index contributed by atoms with van der Waals surface area (Å²) >= 11 is 1.90. The Bertz CT molecular complexity index is 406. The average molecular weight is 253 g/mol. The quantitative estimate of drug-likeness (QED) is 0.763. The van der Waals surface area contributed by atoms with Gasteiger partial charge in [-0.2, -0.15) is 4.57 Å². The predicted molar refractivity (Wildman–Crippen MR) is 71.0 cm³/mol. The fourth-order valence-corrected chi connectivity index (χ4v) is 3.29. The van der Waals surface area contributed by atoms with Crippen molar-refractivity contribution in [3.05, 3.63) is 21.7 Å². The van der Waals surface area contributed by atoms with Crippen LogP contribution in [0.15, 0.2) is 6.08 Å². The Morgan fingerprint density at radius 2 is 2.12 bits per heavy atom. The number of hydrogen-bond acceptors (Lipinski definition) is 3. The van der Waals surface area contributed by atoms with E-state index in [-0.39, 0.29) is 0 Å². The molecule has 0 unspecified atom stereocenters. The molecule has 0 atom stereocenters. The first kappa shape index (κ1) is 12.7. The number of morpholine rings is 1. The van der Waals surface area contributed by atoms with E-state index in [1.807, 2.05) is 11.3 Å². The van der Waals surface area contributed by atoms with Crippen LogP contribution in [0.25, 0.3) is 6.08 Å². The van der Waals surface area contributed by atoms with Gasteiger partial charge in [-0.05, 0) is 13.8 Å². The summed E-state index contributed by atoms with van der Waals surface area (Å²) in [5.41, 5.74) is 1.33. The predicted octanol–water partition coefficient (Wildman–Crippen LogP) is 1.75. The summed E-state index contributed by atoms with van der Waals surface area (Å²) in [6.07, 6.45) is 4.29. The van der Waals surface area contributed by atoms with E-state index in [0.717, 1.165) is 32.8 Å². The van der Waals surface area contributed by atoms with Crippen molar-refractivity contribution < 1.29 is 9.30 Å². The Morgan fingerprint density at radius 1 is 1.41 bits per heavy atom. The molecule has 2 heterocycles. The molecule has 2 rings (SSSR count). The fourth-order valence-electron chi connectivity index (χ4n) is 2.14. The lowest BCUT2D eigenvalue weighted by atomic mass is 10.3. The van der Waals surface area contributed by atoms with Gasteiger partial charge in [-0.3, -0.25) is 4.90 Å². The zero-order chi connectivity index (χ0) is 12.3. The molecule has 4 heteroatoms. The van der Waals surface area contributed by atoms with Crippen molar-refractivity contribution in [3.8, 4) is 0 Å². The normalized spacial score (nSPS) is 18.1. The number of allylic oxidation sites excluding steroid dienone is 1. The summed E-state index contributed by atoms with van der Waals surface area (Å²) in [4.78, 5) is 3.86. The van der Waals surface area contributed by atoms with E-state index in [1.54, 1.807) is 0 Å². The molecule has 1 aromatic heterocycles. The van der Waals surface area contributed by atoms with Crippen LogP contribution >= 0.6 is 11.3 Å². The third-order valence-corrected chi connectivity index (χ3v) is 4.31. The Labute approximate surface area is 107 Å². The van der Waals surface area contributed by atoms with E-state index in [2.05, 4.69) is 42.5 Å². The SMILES string of the molecule is C/C=C\c1c(C)sc(CN2CCOCC2)[n+]1C. The summed E-state index contributed by atoms with van der Waals surface area (Å²) in [6.45, 7) is 9.15. The van der Waals surface area contributed by atoms with Gasteiger partial charge < -0.3 is 4.74 Å². The second kappa shape index (κ2) is 5.76. The first-order valence-corrected chi connectivity index (χ1v) is 6.95. The van der Waals surface area contributed by atoms with Gasteiger partial charge in [-0.25, -0.2) is 0 Å². The smallest absolute Gasteiger partial charge is 0.252 e. The third kappa shape index (κ3) is 2.94. The van der Waals surface area contributed by atoms with E-state index >= 15 is 0 Å². The molecule has 17 heavy (non-hydrogen) atoms. The zero-order valence-electron chi connectivity index (χ0n) is 10.9. The maximum atomic E-state index is 5.38. The largest absolute Gasteiger partial charge is 0.379 e. The van der Waals surface area contributed by atoms with Crippen LogP contribution in [0.2, 0.25) is 0 Å². The van der Waals surface area contributed by atoms with Crippen molar-refractivity contribution in [2.24, 2.45) is 7.05 Å². The van der Waals surface area contributed by atoms with Crippen LogP contribution in [0.4, 0.5) is 0 Å². The molecule has 0 N–H and O–H groups in total. The first-order chi connectivity index (χ1) is 8.22. The van der Waals surface area contributed by atoms with Crippen molar-refractivity contribution in [2.75, 3.05) is 26.3 Å². The minimum atomic E-state index is 0.871. The zero-order valence-corrected chi connectivity index (χ0v) is 11.7. The molecule has 0 aromatic carbocycles. The van der Waals surface area contributed by atoms with Crippen molar-refractivity contribution in [3.63, 3.8) is 0 Å². The van der Waals surface area contributed by atoms with Crippen molar-refractivity contribution in [1.82, 2.24) is 4.90 Å². The first-order valence-electron chi connectivity index (χ1n) is 6.13. The van der Waals surface area contributed by atoms with Gasteiger partial charge in [0, 0.05) is 19.2 Å². The highest BCUT2D eigenvalue weighted by atomic mass is 32.1. The fraction of sp³-hybridized carbons (Fsp3) is 0.615. The summed E-state index contributed by atoms with van der Waals surface area (Å²) in [6, 6.07) is 0. The third-order valence-electron chi connectivity index (χ3n) is 3.15. The number of hydrogen-bond donors (Lipinski definition) is 0. The summed E-state index contributed by atoms with van der Waals surface area (Å²) < 4.78 is 7.69. The summed E-state index contributed by atoms with van der Waals surface area (Å²) in [7, 11) is 2.16. The van der Waals surface area contributed by atoms with Gasteiger partial charge in [0.1, 0.15) is 7.05 Å². The van der Waals surface area contributed by atoms with Gasteiger partial charge in [-0.15, -0.1) is 0 Å². The summed E-state index contributed by atoms with van der Waals surface area (Å²) in [5, 5.41) is 1.43. The monoisotopic (exact) mass is 253 g/mol. The minimum Gasteiger partial charge on any atom is -0.379 e. The molecule has 3 nitrogen and oxygen atoms in total. The Kier molecular flexibility index (Phi) is 4.31. The standard InChI is InChI=1S/C13H21N2OS/c1-4-5-12-11(2)17-13(14(12)3)10-15-6-8-16-9-7-15/h4-5H,6-10H2,1-3H3/q+1/b5-4-. The Balaban J connectivity index is 2.12. The Hall–Kier alpha value is -0.710. The number of ether oxygens (including phenoxy) is 1. The van der Waals surface area contributed by atoms with Crippen molar-refractivity contribution in [1.29, 1.82) is 0 Å².